The van der Waals surface area contributed by atoms with Crippen LogP contribution in [-0.4, -0.2) is 29.8 Å². The number of hydrogen-bond donors (Lipinski definition) is 2. The lowest BCUT2D eigenvalue weighted by atomic mass is 9.76. The van der Waals surface area contributed by atoms with Gasteiger partial charge in [-0.05, 0) is 52.9 Å². The summed E-state index contributed by atoms with van der Waals surface area (Å²) in [4.78, 5) is 11.8. The molecule has 0 radical (unpaired) electrons. The molecule has 0 aromatic rings. The number of carbonyl (C=O) groups is 1. The van der Waals surface area contributed by atoms with Crippen LogP contribution in [0.5, 0.6) is 0 Å². The third-order valence-corrected chi connectivity index (χ3v) is 3.91. The molecular formula is C14H26N2O2. The maximum atomic E-state index is 11.8. The van der Waals surface area contributed by atoms with E-state index in [9.17, 15) is 4.79 Å². The van der Waals surface area contributed by atoms with E-state index in [1.54, 1.807) is 0 Å². The fourth-order valence-corrected chi connectivity index (χ4v) is 2.42. The van der Waals surface area contributed by atoms with Crippen LogP contribution < -0.4 is 10.6 Å². The SMILES string of the molecule is CC(C)(C)OC(=O)NC1(CNC2CCC2)CCC1. The second kappa shape index (κ2) is 5.08. The number of alkyl carbamates (subject to hydrolysis) is 1. The lowest BCUT2D eigenvalue weighted by Gasteiger charge is -2.44. The zero-order valence-corrected chi connectivity index (χ0v) is 11.8. The van der Waals surface area contributed by atoms with Gasteiger partial charge in [0.1, 0.15) is 5.60 Å². The van der Waals surface area contributed by atoms with Crippen molar-refractivity contribution in [1.29, 1.82) is 0 Å². The van der Waals surface area contributed by atoms with E-state index in [0.29, 0.717) is 6.04 Å². The molecule has 0 aromatic heterocycles. The summed E-state index contributed by atoms with van der Waals surface area (Å²) in [5, 5.41) is 6.63. The van der Waals surface area contributed by atoms with Crippen molar-refractivity contribution in [2.45, 2.75) is 76.5 Å². The van der Waals surface area contributed by atoms with Crippen LogP contribution in [0.4, 0.5) is 4.79 Å². The smallest absolute Gasteiger partial charge is 0.408 e. The van der Waals surface area contributed by atoms with Gasteiger partial charge < -0.3 is 15.4 Å². The van der Waals surface area contributed by atoms with Crippen molar-refractivity contribution >= 4 is 6.09 Å². The topological polar surface area (TPSA) is 50.4 Å². The molecule has 2 saturated carbocycles. The van der Waals surface area contributed by atoms with Gasteiger partial charge in [-0.3, -0.25) is 0 Å². The second-order valence-electron chi connectivity index (χ2n) is 6.77. The molecule has 0 aliphatic heterocycles. The van der Waals surface area contributed by atoms with Crippen LogP contribution in [0.3, 0.4) is 0 Å². The molecule has 0 spiro atoms. The summed E-state index contributed by atoms with van der Waals surface area (Å²) in [7, 11) is 0. The summed E-state index contributed by atoms with van der Waals surface area (Å²) in [5.74, 6) is 0. The Morgan fingerprint density at radius 2 is 1.94 bits per heavy atom. The number of hydrogen-bond acceptors (Lipinski definition) is 3. The summed E-state index contributed by atoms with van der Waals surface area (Å²) in [6.07, 6.45) is 6.94. The molecule has 2 N–H and O–H groups in total. The molecule has 0 bridgehead atoms. The molecule has 0 heterocycles. The van der Waals surface area contributed by atoms with Gasteiger partial charge in [0.15, 0.2) is 0 Å². The average molecular weight is 254 g/mol. The molecule has 2 fully saturated rings. The Kier molecular flexibility index (Phi) is 3.85. The molecule has 0 atom stereocenters. The molecule has 0 unspecified atom stereocenters. The summed E-state index contributed by atoms with van der Waals surface area (Å²) in [5.41, 5.74) is -0.478. The highest BCUT2D eigenvalue weighted by Crippen LogP contribution is 2.32. The van der Waals surface area contributed by atoms with Crippen molar-refractivity contribution in [3.05, 3.63) is 0 Å². The monoisotopic (exact) mass is 254 g/mol. The summed E-state index contributed by atoms with van der Waals surface area (Å²) in [6, 6.07) is 0.669. The minimum Gasteiger partial charge on any atom is -0.444 e. The number of ether oxygens (including phenoxy) is 1. The fraction of sp³-hybridized carbons (Fsp3) is 0.929. The third-order valence-electron chi connectivity index (χ3n) is 3.91. The number of nitrogens with one attached hydrogen (secondary N) is 2. The van der Waals surface area contributed by atoms with Gasteiger partial charge in [0.2, 0.25) is 0 Å². The Labute approximate surface area is 110 Å². The van der Waals surface area contributed by atoms with E-state index in [1.807, 2.05) is 20.8 Å². The number of amides is 1. The Morgan fingerprint density at radius 1 is 1.28 bits per heavy atom. The maximum absolute atomic E-state index is 11.8. The van der Waals surface area contributed by atoms with Crippen LogP contribution in [0.1, 0.15) is 59.3 Å². The van der Waals surface area contributed by atoms with Crippen molar-refractivity contribution in [1.82, 2.24) is 10.6 Å². The Morgan fingerprint density at radius 3 is 2.33 bits per heavy atom. The minimum absolute atomic E-state index is 0.0576. The molecule has 18 heavy (non-hydrogen) atoms. The van der Waals surface area contributed by atoms with Crippen molar-refractivity contribution < 1.29 is 9.53 Å². The maximum Gasteiger partial charge on any atom is 0.408 e. The van der Waals surface area contributed by atoms with Gasteiger partial charge in [0, 0.05) is 12.6 Å². The summed E-state index contributed by atoms with van der Waals surface area (Å²) < 4.78 is 5.34. The molecule has 2 aliphatic carbocycles. The van der Waals surface area contributed by atoms with E-state index < -0.39 is 5.60 Å². The molecule has 1 amide bonds. The van der Waals surface area contributed by atoms with Crippen LogP contribution in [0.15, 0.2) is 0 Å². The van der Waals surface area contributed by atoms with Gasteiger partial charge in [-0.15, -0.1) is 0 Å². The minimum atomic E-state index is -0.420. The van der Waals surface area contributed by atoms with E-state index >= 15 is 0 Å². The first-order valence-electron chi connectivity index (χ1n) is 7.13. The van der Waals surface area contributed by atoms with Crippen LogP contribution in [0, 0.1) is 0 Å². The lowest BCUT2D eigenvalue weighted by Crippen LogP contribution is -2.61. The van der Waals surface area contributed by atoms with Gasteiger partial charge in [-0.2, -0.15) is 0 Å². The predicted molar refractivity (Wildman–Crippen MR) is 71.6 cm³/mol. The van der Waals surface area contributed by atoms with Crippen LogP contribution in [0.2, 0.25) is 0 Å². The summed E-state index contributed by atoms with van der Waals surface area (Å²) in [6.45, 7) is 6.57. The van der Waals surface area contributed by atoms with E-state index in [1.165, 1.54) is 25.7 Å². The first-order chi connectivity index (χ1) is 8.39. The molecule has 2 rings (SSSR count). The fourth-order valence-electron chi connectivity index (χ4n) is 2.42. The quantitative estimate of drug-likeness (QED) is 0.810. The first-order valence-corrected chi connectivity index (χ1v) is 7.13. The number of carbonyl (C=O) groups excluding carboxylic acids is 1. The highest BCUT2D eigenvalue weighted by Gasteiger charge is 2.40. The third kappa shape index (κ3) is 3.61. The van der Waals surface area contributed by atoms with Gasteiger partial charge >= 0.3 is 6.09 Å². The number of rotatable bonds is 4. The molecule has 4 heteroatoms. The van der Waals surface area contributed by atoms with Crippen LogP contribution >= 0.6 is 0 Å². The van der Waals surface area contributed by atoms with Gasteiger partial charge in [-0.25, -0.2) is 4.79 Å². The Bertz CT molecular complexity index is 301. The predicted octanol–water partition coefficient (Wildman–Crippen LogP) is 2.58. The summed E-state index contributed by atoms with van der Waals surface area (Å²) >= 11 is 0. The van der Waals surface area contributed by atoms with Crippen molar-refractivity contribution in [2.75, 3.05) is 6.54 Å². The molecule has 4 nitrogen and oxygen atoms in total. The molecular weight excluding hydrogens is 228 g/mol. The van der Waals surface area contributed by atoms with Crippen LogP contribution in [-0.2, 0) is 4.74 Å². The standard InChI is InChI=1S/C14H26N2O2/c1-13(2,3)18-12(17)16-14(8-5-9-14)10-15-11-6-4-7-11/h11,15H,4-10H2,1-3H3,(H,16,17). The zero-order chi connectivity index (χ0) is 13.2. The average Bonchev–Trinajstić information content (AvgIpc) is 2.07. The largest absolute Gasteiger partial charge is 0.444 e. The molecule has 0 saturated heterocycles. The second-order valence-corrected chi connectivity index (χ2v) is 6.77. The van der Waals surface area contributed by atoms with E-state index in [-0.39, 0.29) is 11.6 Å². The lowest BCUT2D eigenvalue weighted by molar-refractivity contribution is 0.0374. The van der Waals surface area contributed by atoms with Crippen LogP contribution in [0.25, 0.3) is 0 Å². The van der Waals surface area contributed by atoms with Crippen molar-refractivity contribution in [3.8, 4) is 0 Å². The van der Waals surface area contributed by atoms with Gasteiger partial charge in [0.25, 0.3) is 0 Å². The first kappa shape index (κ1) is 13.7. The normalized spacial score (nSPS) is 22.8. The highest BCUT2D eigenvalue weighted by molar-refractivity contribution is 5.69. The van der Waals surface area contributed by atoms with E-state index in [4.69, 9.17) is 4.74 Å². The van der Waals surface area contributed by atoms with E-state index in [0.717, 1.165) is 19.4 Å². The Hall–Kier alpha value is -0.770. The highest BCUT2D eigenvalue weighted by atomic mass is 16.6. The molecule has 2 aliphatic rings. The van der Waals surface area contributed by atoms with Gasteiger partial charge in [0.05, 0.1) is 5.54 Å². The zero-order valence-electron chi connectivity index (χ0n) is 11.8. The van der Waals surface area contributed by atoms with Gasteiger partial charge in [-0.1, -0.05) is 6.42 Å². The van der Waals surface area contributed by atoms with E-state index in [2.05, 4.69) is 10.6 Å². The van der Waals surface area contributed by atoms with Crippen molar-refractivity contribution in [3.63, 3.8) is 0 Å². The molecule has 104 valence electrons. The van der Waals surface area contributed by atoms with Crippen molar-refractivity contribution in [2.24, 2.45) is 0 Å². The Balaban J connectivity index is 1.78. The molecule has 0 aromatic carbocycles.